The summed E-state index contributed by atoms with van der Waals surface area (Å²) in [6.45, 7) is 2.18. The fourth-order valence-electron chi connectivity index (χ4n) is 1.97. The highest BCUT2D eigenvalue weighted by Crippen LogP contribution is 2.49. The van der Waals surface area contributed by atoms with Crippen molar-refractivity contribution in [1.82, 2.24) is 0 Å². The van der Waals surface area contributed by atoms with Gasteiger partial charge in [-0.2, -0.15) is 0 Å². The molecule has 1 unspecified atom stereocenters. The molecule has 0 amide bonds. The van der Waals surface area contributed by atoms with Crippen molar-refractivity contribution in [2.75, 3.05) is 18.1 Å². The van der Waals surface area contributed by atoms with Gasteiger partial charge < -0.3 is 10.2 Å². The van der Waals surface area contributed by atoms with Crippen molar-refractivity contribution in [3.63, 3.8) is 0 Å². The maximum Gasteiger partial charge on any atom is 0.0612 e. The normalized spacial score (nSPS) is 21.9. The van der Waals surface area contributed by atoms with Crippen LogP contribution >= 0.6 is 23.5 Å². The number of unbranched alkanes of at least 4 members (excludes halogenated alkanes) is 1. The van der Waals surface area contributed by atoms with Crippen LogP contribution in [0.1, 0.15) is 45.4 Å². The Hall–Kier alpha value is 0.620. The lowest BCUT2D eigenvalue weighted by atomic mass is 10.1. The molecule has 96 valence electrons. The van der Waals surface area contributed by atoms with Crippen LogP contribution in [-0.4, -0.2) is 38.5 Å². The van der Waals surface area contributed by atoms with Crippen LogP contribution in [0.15, 0.2) is 0 Å². The van der Waals surface area contributed by atoms with Gasteiger partial charge in [-0.3, -0.25) is 0 Å². The van der Waals surface area contributed by atoms with Gasteiger partial charge in [0.1, 0.15) is 0 Å². The summed E-state index contributed by atoms with van der Waals surface area (Å²) in [6.07, 6.45) is 6.33. The predicted molar refractivity (Wildman–Crippen MR) is 74.1 cm³/mol. The van der Waals surface area contributed by atoms with E-state index in [1.807, 2.05) is 6.92 Å². The van der Waals surface area contributed by atoms with Crippen LogP contribution in [0.2, 0.25) is 0 Å². The van der Waals surface area contributed by atoms with Crippen LogP contribution in [0.3, 0.4) is 0 Å². The van der Waals surface area contributed by atoms with E-state index in [1.165, 1.54) is 24.3 Å². The molecule has 2 N–H and O–H groups in total. The number of hydrogen-bond donors (Lipinski definition) is 2. The van der Waals surface area contributed by atoms with E-state index in [9.17, 15) is 5.11 Å². The van der Waals surface area contributed by atoms with Gasteiger partial charge in [-0.25, -0.2) is 0 Å². The van der Waals surface area contributed by atoms with Gasteiger partial charge in [0.05, 0.1) is 10.2 Å². The highest BCUT2D eigenvalue weighted by atomic mass is 32.2. The predicted octanol–water partition coefficient (Wildman–Crippen LogP) is 2.88. The van der Waals surface area contributed by atoms with Gasteiger partial charge in [0.15, 0.2) is 0 Å². The Morgan fingerprint density at radius 1 is 1.19 bits per heavy atom. The van der Waals surface area contributed by atoms with Gasteiger partial charge in [0.25, 0.3) is 0 Å². The second-order valence-electron chi connectivity index (χ2n) is 4.53. The molecule has 0 bridgehead atoms. The Kier molecular flexibility index (Phi) is 7.20. The smallest absolute Gasteiger partial charge is 0.0612 e. The molecule has 0 radical (unpaired) electrons. The highest BCUT2D eigenvalue weighted by Gasteiger charge is 2.32. The van der Waals surface area contributed by atoms with Crippen LogP contribution in [0.5, 0.6) is 0 Å². The largest absolute Gasteiger partial charge is 0.396 e. The monoisotopic (exact) mass is 264 g/mol. The minimum Gasteiger partial charge on any atom is -0.396 e. The van der Waals surface area contributed by atoms with Crippen molar-refractivity contribution in [1.29, 1.82) is 0 Å². The van der Waals surface area contributed by atoms with Crippen LogP contribution in [0.25, 0.3) is 0 Å². The standard InChI is InChI=1S/C12H24O2S2/c1-11(14)5-7-12(6-2-3-8-13)15-9-4-10-16-12/h11,13-14H,2-10H2,1H3. The van der Waals surface area contributed by atoms with Crippen LogP contribution in [-0.2, 0) is 0 Å². The molecule has 0 saturated carbocycles. The highest BCUT2D eigenvalue weighted by molar-refractivity contribution is 8.18. The number of hydrogen-bond acceptors (Lipinski definition) is 4. The molecule has 0 aliphatic carbocycles. The quantitative estimate of drug-likeness (QED) is 0.694. The third kappa shape index (κ3) is 5.30. The Balaban J connectivity index is 2.39. The number of rotatable bonds is 7. The Morgan fingerprint density at radius 2 is 1.88 bits per heavy atom. The zero-order valence-corrected chi connectivity index (χ0v) is 11.8. The lowest BCUT2D eigenvalue weighted by Crippen LogP contribution is -2.26. The fraction of sp³-hybridized carbons (Fsp3) is 1.00. The van der Waals surface area contributed by atoms with E-state index >= 15 is 0 Å². The molecule has 1 saturated heterocycles. The molecule has 16 heavy (non-hydrogen) atoms. The third-order valence-electron chi connectivity index (χ3n) is 2.93. The number of thioether (sulfide) groups is 2. The molecule has 0 aromatic rings. The lowest BCUT2D eigenvalue weighted by molar-refractivity contribution is 0.179. The van der Waals surface area contributed by atoms with E-state index in [1.54, 1.807) is 0 Å². The lowest BCUT2D eigenvalue weighted by Gasteiger charge is -2.36. The molecular formula is C12H24O2S2. The van der Waals surface area contributed by atoms with Crippen molar-refractivity contribution >= 4 is 23.5 Å². The zero-order chi connectivity index (χ0) is 11.9. The Bertz CT molecular complexity index is 180. The summed E-state index contributed by atoms with van der Waals surface area (Å²) in [5, 5.41) is 18.3. The first-order valence-electron chi connectivity index (χ1n) is 6.25. The maximum absolute atomic E-state index is 9.41. The van der Waals surface area contributed by atoms with Crippen molar-refractivity contribution in [3.8, 4) is 0 Å². The molecule has 0 spiro atoms. The fourth-order valence-corrected chi connectivity index (χ4v) is 5.40. The first kappa shape index (κ1) is 14.7. The van der Waals surface area contributed by atoms with E-state index in [0.717, 1.165) is 25.7 Å². The van der Waals surface area contributed by atoms with Crippen molar-refractivity contribution in [2.45, 2.75) is 55.6 Å². The summed E-state index contributed by atoms with van der Waals surface area (Å²) < 4.78 is 0.324. The first-order chi connectivity index (χ1) is 7.68. The van der Waals surface area contributed by atoms with E-state index in [0.29, 0.717) is 10.7 Å². The summed E-state index contributed by atoms with van der Waals surface area (Å²) in [6, 6.07) is 0. The minimum absolute atomic E-state index is 0.183. The molecule has 0 aromatic heterocycles. The van der Waals surface area contributed by atoms with Crippen molar-refractivity contribution in [2.24, 2.45) is 0 Å². The molecule has 2 nitrogen and oxygen atoms in total. The Labute approximate surface area is 108 Å². The second kappa shape index (κ2) is 7.85. The zero-order valence-electron chi connectivity index (χ0n) is 10.2. The van der Waals surface area contributed by atoms with Crippen LogP contribution in [0.4, 0.5) is 0 Å². The molecule has 1 atom stereocenters. The SMILES string of the molecule is CC(O)CCC1(CCCCO)SCCCS1. The molecule has 1 aliphatic rings. The van der Waals surface area contributed by atoms with Gasteiger partial charge in [-0.05, 0) is 57.0 Å². The topological polar surface area (TPSA) is 40.5 Å². The number of aliphatic hydroxyl groups excluding tert-OH is 2. The molecule has 1 heterocycles. The molecule has 0 aromatic carbocycles. The van der Waals surface area contributed by atoms with Crippen molar-refractivity contribution < 1.29 is 10.2 Å². The van der Waals surface area contributed by atoms with E-state index < -0.39 is 0 Å². The van der Waals surface area contributed by atoms with Gasteiger partial charge in [-0.1, -0.05) is 0 Å². The van der Waals surface area contributed by atoms with Crippen LogP contribution in [0, 0.1) is 0 Å². The van der Waals surface area contributed by atoms with Gasteiger partial charge in [0.2, 0.25) is 0 Å². The van der Waals surface area contributed by atoms with E-state index in [2.05, 4.69) is 23.5 Å². The summed E-state index contributed by atoms with van der Waals surface area (Å²) in [4.78, 5) is 0. The maximum atomic E-state index is 9.41. The summed E-state index contributed by atoms with van der Waals surface area (Å²) in [5.74, 6) is 2.51. The first-order valence-corrected chi connectivity index (χ1v) is 8.22. The third-order valence-corrected chi connectivity index (χ3v) is 6.49. The second-order valence-corrected chi connectivity index (χ2v) is 7.74. The van der Waals surface area contributed by atoms with Gasteiger partial charge in [0, 0.05) is 6.61 Å². The molecule has 1 rings (SSSR count). The average molecular weight is 264 g/mol. The van der Waals surface area contributed by atoms with E-state index in [4.69, 9.17) is 5.11 Å². The summed E-state index contributed by atoms with van der Waals surface area (Å²) >= 11 is 4.15. The van der Waals surface area contributed by atoms with Crippen molar-refractivity contribution in [3.05, 3.63) is 0 Å². The minimum atomic E-state index is -0.183. The summed E-state index contributed by atoms with van der Waals surface area (Å²) in [5.41, 5.74) is 0. The van der Waals surface area contributed by atoms with Gasteiger partial charge in [-0.15, -0.1) is 23.5 Å². The molecular weight excluding hydrogens is 240 g/mol. The molecule has 1 fully saturated rings. The average Bonchev–Trinajstić information content (AvgIpc) is 2.28. The van der Waals surface area contributed by atoms with E-state index in [-0.39, 0.29) is 6.10 Å². The summed E-state index contributed by atoms with van der Waals surface area (Å²) in [7, 11) is 0. The Morgan fingerprint density at radius 3 is 2.44 bits per heavy atom. The number of aliphatic hydroxyl groups is 2. The molecule has 4 heteroatoms. The van der Waals surface area contributed by atoms with Crippen LogP contribution < -0.4 is 0 Å². The van der Waals surface area contributed by atoms with Gasteiger partial charge >= 0.3 is 0 Å². The molecule has 1 aliphatic heterocycles.